The quantitative estimate of drug-likeness (QED) is 0.497. The first-order valence-corrected chi connectivity index (χ1v) is 7.92. The van der Waals surface area contributed by atoms with E-state index in [1.165, 1.54) is 6.20 Å². The van der Waals surface area contributed by atoms with Crippen LogP contribution in [0.4, 0.5) is 5.69 Å². The third kappa shape index (κ3) is 2.95. The van der Waals surface area contributed by atoms with E-state index < -0.39 is 0 Å². The van der Waals surface area contributed by atoms with Crippen LogP contribution >= 0.6 is 0 Å². The van der Waals surface area contributed by atoms with E-state index >= 15 is 0 Å². The first-order chi connectivity index (χ1) is 11.6. The van der Waals surface area contributed by atoms with Gasteiger partial charge in [0.2, 0.25) is 0 Å². The fourth-order valence-electron chi connectivity index (χ4n) is 2.78. The maximum absolute atomic E-state index is 11.4. The van der Waals surface area contributed by atoms with Gasteiger partial charge >= 0.3 is 5.69 Å². The minimum Gasteiger partial charge on any atom is -0.497 e. The Balaban J connectivity index is 2.14. The maximum atomic E-state index is 11.4. The van der Waals surface area contributed by atoms with Crippen LogP contribution in [0.1, 0.15) is 19.8 Å². The van der Waals surface area contributed by atoms with E-state index in [1.54, 1.807) is 11.8 Å². The summed E-state index contributed by atoms with van der Waals surface area (Å²) in [6.45, 7) is 2.75. The molecule has 0 N–H and O–H groups in total. The van der Waals surface area contributed by atoms with Crippen molar-refractivity contribution in [2.24, 2.45) is 0 Å². The van der Waals surface area contributed by atoms with Crippen LogP contribution in [0.5, 0.6) is 5.75 Å². The van der Waals surface area contributed by atoms with Crippen LogP contribution in [0.25, 0.3) is 22.0 Å². The third-order valence-electron chi connectivity index (χ3n) is 4.06. The van der Waals surface area contributed by atoms with Crippen LogP contribution < -0.4 is 4.74 Å². The Morgan fingerprint density at radius 1 is 1.21 bits per heavy atom. The molecule has 1 aromatic heterocycles. The number of rotatable bonds is 6. The first-order valence-electron chi connectivity index (χ1n) is 7.92. The Bertz CT molecular complexity index is 886. The van der Waals surface area contributed by atoms with E-state index in [2.05, 4.69) is 12.0 Å². The molecule has 6 heteroatoms. The molecule has 3 rings (SSSR count). The summed E-state index contributed by atoms with van der Waals surface area (Å²) in [5, 5.41) is 17.6. The zero-order valence-corrected chi connectivity index (χ0v) is 13.7. The number of hydrogen-bond acceptors (Lipinski definition) is 4. The van der Waals surface area contributed by atoms with Gasteiger partial charge in [-0.25, -0.2) is 0 Å². The number of methoxy groups -OCH3 is 1. The predicted octanol–water partition coefficient (Wildman–Crippen LogP) is 4.42. The molecule has 24 heavy (non-hydrogen) atoms. The molecule has 6 nitrogen and oxygen atoms in total. The summed E-state index contributed by atoms with van der Waals surface area (Å²) in [5.41, 5.74) is 1.38. The van der Waals surface area contributed by atoms with Crippen LogP contribution in [0.15, 0.2) is 42.6 Å². The Morgan fingerprint density at radius 2 is 2.00 bits per heavy atom. The zero-order chi connectivity index (χ0) is 17.1. The Labute approximate surface area is 139 Å². The highest BCUT2D eigenvalue weighted by Crippen LogP contribution is 2.33. The molecule has 0 bridgehead atoms. The summed E-state index contributed by atoms with van der Waals surface area (Å²) < 4.78 is 6.99. The highest BCUT2D eigenvalue weighted by molar-refractivity contribution is 5.89. The second-order valence-corrected chi connectivity index (χ2v) is 5.64. The standard InChI is InChI=1S/C18H19N3O3/c1-3-4-9-20-18(17(12-19-20)21(22)23)14-6-5-13-7-8-16(24-2)11-15(13)10-14/h5-8,10-12H,3-4,9H2,1-2H3. The van der Waals surface area contributed by atoms with Gasteiger partial charge in [0.1, 0.15) is 17.6 Å². The number of unbranched alkanes of at least 4 members (excludes halogenated alkanes) is 1. The molecule has 2 aromatic carbocycles. The predicted molar refractivity (Wildman–Crippen MR) is 93.3 cm³/mol. The van der Waals surface area contributed by atoms with Gasteiger partial charge in [0.05, 0.1) is 12.0 Å². The summed E-state index contributed by atoms with van der Waals surface area (Å²) in [7, 11) is 1.62. The number of nitro groups is 1. The Kier molecular flexibility index (Phi) is 4.46. The molecule has 0 saturated carbocycles. The molecule has 0 aliphatic heterocycles. The van der Waals surface area contributed by atoms with E-state index in [4.69, 9.17) is 4.74 Å². The van der Waals surface area contributed by atoms with Crippen LogP contribution in [0.2, 0.25) is 0 Å². The van der Waals surface area contributed by atoms with E-state index in [0.29, 0.717) is 12.2 Å². The number of fused-ring (bicyclic) bond motifs is 1. The summed E-state index contributed by atoms with van der Waals surface area (Å²) in [5.74, 6) is 0.758. The van der Waals surface area contributed by atoms with E-state index in [1.807, 2.05) is 36.4 Å². The number of hydrogen-bond donors (Lipinski definition) is 0. The molecule has 3 aromatic rings. The summed E-state index contributed by atoms with van der Waals surface area (Å²) in [6.07, 6.45) is 3.26. The van der Waals surface area contributed by atoms with Crippen LogP contribution in [-0.2, 0) is 6.54 Å². The topological polar surface area (TPSA) is 70.2 Å². The first kappa shape index (κ1) is 16.0. The highest BCUT2D eigenvalue weighted by Gasteiger charge is 2.22. The third-order valence-corrected chi connectivity index (χ3v) is 4.06. The molecule has 124 valence electrons. The van der Waals surface area contributed by atoms with Crippen molar-refractivity contribution in [3.8, 4) is 17.0 Å². The molecule has 0 unspecified atom stereocenters. The maximum Gasteiger partial charge on any atom is 0.314 e. The van der Waals surface area contributed by atoms with Gasteiger partial charge in [0, 0.05) is 12.1 Å². The zero-order valence-electron chi connectivity index (χ0n) is 13.7. The molecular formula is C18H19N3O3. The lowest BCUT2D eigenvalue weighted by molar-refractivity contribution is -0.384. The Morgan fingerprint density at radius 3 is 2.71 bits per heavy atom. The number of aryl methyl sites for hydroxylation is 1. The molecule has 0 aliphatic carbocycles. The summed E-state index contributed by atoms with van der Waals surface area (Å²) in [6, 6.07) is 11.6. The molecule has 0 spiro atoms. The molecule has 0 aliphatic rings. The monoisotopic (exact) mass is 325 g/mol. The van der Waals surface area contributed by atoms with Crippen LogP contribution in [-0.4, -0.2) is 21.8 Å². The van der Waals surface area contributed by atoms with Gasteiger partial charge < -0.3 is 4.74 Å². The van der Waals surface area contributed by atoms with Gasteiger partial charge in [-0.2, -0.15) is 5.10 Å². The SMILES string of the molecule is CCCCn1ncc([N+](=O)[O-])c1-c1ccc2ccc(OC)cc2c1. The molecule has 0 fully saturated rings. The second-order valence-electron chi connectivity index (χ2n) is 5.64. The van der Waals surface area contributed by atoms with Crippen molar-refractivity contribution in [3.63, 3.8) is 0 Å². The lowest BCUT2D eigenvalue weighted by Gasteiger charge is -2.08. The number of benzene rings is 2. The van der Waals surface area contributed by atoms with Crippen LogP contribution in [0.3, 0.4) is 0 Å². The van der Waals surface area contributed by atoms with Gasteiger partial charge in [0.25, 0.3) is 0 Å². The summed E-state index contributed by atoms with van der Waals surface area (Å²) in [4.78, 5) is 11.0. The van der Waals surface area contributed by atoms with Crippen molar-refractivity contribution in [1.29, 1.82) is 0 Å². The largest absolute Gasteiger partial charge is 0.497 e. The van der Waals surface area contributed by atoms with Crippen molar-refractivity contribution in [2.45, 2.75) is 26.3 Å². The molecule has 1 heterocycles. The fourth-order valence-corrected chi connectivity index (χ4v) is 2.78. The van der Waals surface area contributed by atoms with Crippen molar-refractivity contribution in [2.75, 3.05) is 7.11 Å². The van der Waals surface area contributed by atoms with E-state index in [0.717, 1.165) is 34.9 Å². The number of aromatic nitrogens is 2. The summed E-state index contributed by atoms with van der Waals surface area (Å²) >= 11 is 0. The molecule has 0 saturated heterocycles. The molecule has 0 atom stereocenters. The van der Waals surface area contributed by atoms with Crippen molar-refractivity contribution >= 4 is 16.5 Å². The van der Waals surface area contributed by atoms with Gasteiger partial charge in [-0.15, -0.1) is 0 Å². The van der Waals surface area contributed by atoms with Gasteiger partial charge in [-0.1, -0.05) is 31.5 Å². The van der Waals surface area contributed by atoms with Crippen molar-refractivity contribution in [1.82, 2.24) is 9.78 Å². The van der Waals surface area contributed by atoms with Crippen molar-refractivity contribution < 1.29 is 9.66 Å². The van der Waals surface area contributed by atoms with Gasteiger partial charge in [-0.3, -0.25) is 14.8 Å². The second kappa shape index (κ2) is 6.70. The van der Waals surface area contributed by atoms with Crippen LogP contribution in [0, 0.1) is 10.1 Å². The van der Waals surface area contributed by atoms with E-state index in [-0.39, 0.29) is 10.6 Å². The molecule has 0 amide bonds. The van der Waals surface area contributed by atoms with Gasteiger partial charge in [0.15, 0.2) is 0 Å². The minimum atomic E-state index is -0.374. The Hall–Kier alpha value is -2.89. The number of nitrogens with zero attached hydrogens (tertiary/aromatic N) is 3. The van der Waals surface area contributed by atoms with Crippen molar-refractivity contribution in [3.05, 3.63) is 52.7 Å². The lowest BCUT2D eigenvalue weighted by Crippen LogP contribution is -2.03. The highest BCUT2D eigenvalue weighted by atomic mass is 16.6. The fraction of sp³-hybridized carbons (Fsp3) is 0.278. The smallest absolute Gasteiger partial charge is 0.314 e. The number of ether oxygens (including phenoxy) is 1. The molecular weight excluding hydrogens is 306 g/mol. The average molecular weight is 325 g/mol. The molecule has 0 radical (unpaired) electrons. The lowest BCUT2D eigenvalue weighted by atomic mass is 10.0. The average Bonchev–Trinajstić information content (AvgIpc) is 3.03. The minimum absolute atomic E-state index is 0.0355. The van der Waals surface area contributed by atoms with E-state index in [9.17, 15) is 10.1 Å². The van der Waals surface area contributed by atoms with Gasteiger partial charge in [-0.05, 0) is 35.4 Å². The normalized spacial score (nSPS) is 10.9.